The largest absolute Gasteiger partial charge is 0.322 e. The number of hydrogen-bond acceptors (Lipinski definition) is 4. The highest BCUT2D eigenvalue weighted by Gasteiger charge is 2.04. The van der Waals surface area contributed by atoms with Gasteiger partial charge < -0.3 is 5.32 Å². The quantitative estimate of drug-likeness (QED) is 0.763. The van der Waals surface area contributed by atoms with Crippen LogP contribution in [0.1, 0.15) is 11.3 Å². The van der Waals surface area contributed by atoms with Crippen LogP contribution in [0.25, 0.3) is 11.3 Å². The fraction of sp³-hybridized carbons (Fsp3) is 0.133. The minimum atomic E-state index is 0.676. The molecule has 0 aliphatic heterocycles. The van der Waals surface area contributed by atoms with Crippen LogP contribution < -0.4 is 5.32 Å². The molecule has 5 heteroatoms. The Morgan fingerprint density at radius 1 is 1.00 bits per heavy atom. The van der Waals surface area contributed by atoms with Gasteiger partial charge in [-0.05, 0) is 13.8 Å². The molecule has 5 nitrogen and oxygen atoms in total. The first-order valence-electron chi connectivity index (χ1n) is 6.39. The third-order valence-electron chi connectivity index (χ3n) is 2.94. The minimum Gasteiger partial charge on any atom is -0.322 e. The normalized spacial score (nSPS) is 10.5. The van der Waals surface area contributed by atoms with E-state index in [-0.39, 0.29) is 0 Å². The van der Waals surface area contributed by atoms with Gasteiger partial charge in [-0.3, -0.25) is 10.1 Å². The molecular weight excluding hydrogens is 250 g/mol. The van der Waals surface area contributed by atoms with Crippen LogP contribution in [-0.2, 0) is 0 Å². The zero-order valence-electron chi connectivity index (χ0n) is 11.4. The van der Waals surface area contributed by atoms with Gasteiger partial charge in [-0.25, -0.2) is 4.98 Å². The van der Waals surface area contributed by atoms with Crippen molar-refractivity contribution in [3.05, 3.63) is 54.0 Å². The highest BCUT2D eigenvalue weighted by Crippen LogP contribution is 2.19. The molecule has 0 saturated carbocycles. The van der Waals surface area contributed by atoms with Gasteiger partial charge in [0, 0.05) is 17.3 Å². The van der Waals surface area contributed by atoms with Crippen molar-refractivity contribution in [1.29, 1.82) is 0 Å². The van der Waals surface area contributed by atoms with Gasteiger partial charge >= 0.3 is 0 Å². The third kappa shape index (κ3) is 2.66. The molecule has 0 fully saturated rings. The Balaban J connectivity index is 1.87. The van der Waals surface area contributed by atoms with E-state index in [4.69, 9.17) is 0 Å². The summed E-state index contributed by atoms with van der Waals surface area (Å²) in [7, 11) is 0. The Kier molecular flexibility index (Phi) is 3.16. The van der Waals surface area contributed by atoms with E-state index >= 15 is 0 Å². The van der Waals surface area contributed by atoms with Gasteiger partial charge in [-0.1, -0.05) is 29.8 Å². The fourth-order valence-corrected chi connectivity index (χ4v) is 1.90. The van der Waals surface area contributed by atoms with Crippen LogP contribution in [0.15, 0.2) is 42.7 Å². The molecule has 0 amide bonds. The minimum absolute atomic E-state index is 0.676. The van der Waals surface area contributed by atoms with Crippen LogP contribution in [0.4, 0.5) is 11.6 Å². The zero-order valence-corrected chi connectivity index (χ0v) is 11.4. The summed E-state index contributed by atoms with van der Waals surface area (Å²) >= 11 is 0. The van der Waals surface area contributed by atoms with E-state index < -0.39 is 0 Å². The van der Waals surface area contributed by atoms with E-state index in [0.717, 1.165) is 22.8 Å². The Labute approximate surface area is 117 Å². The number of H-pyrrole nitrogens is 1. The Hall–Kier alpha value is -2.69. The predicted octanol–water partition coefficient (Wildman–Crippen LogP) is 3.23. The zero-order chi connectivity index (χ0) is 13.9. The summed E-state index contributed by atoms with van der Waals surface area (Å²) in [5.74, 6) is 1.41. The molecule has 1 aromatic carbocycles. The van der Waals surface area contributed by atoms with E-state index in [9.17, 15) is 0 Å². The molecule has 0 aliphatic carbocycles. The second kappa shape index (κ2) is 5.13. The average molecular weight is 265 g/mol. The van der Waals surface area contributed by atoms with Gasteiger partial charge in [-0.2, -0.15) is 5.10 Å². The lowest BCUT2D eigenvalue weighted by Crippen LogP contribution is -1.96. The average Bonchev–Trinajstić information content (AvgIpc) is 2.85. The number of anilines is 2. The van der Waals surface area contributed by atoms with Gasteiger partial charge in [0.05, 0.1) is 18.1 Å². The number of hydrogen-bond donors (Lipinski definition) is 2. The summed E-state index contributed by atoms with van der Waals surface area (Å²) in [4.78, 5) is 8.77. The molecule has 3 aromatic rings. The highest BCUT2D eigenvalue weighted by molar-refractivity contribution is 5.61. The second-order valence-electron chi connectivity index (χ2n) is 4.72. The molecule has 2 aromatic heterocycles. The summed E-state index contributed by atoms with van der Waals surface area (Å²) in [6.45, 7) is 4.01. The second-order valence-corrected chi connectivity index (χ2v) is 4.72. The molecule has 3 rings (SSSR count). The van der Waals surface area contributed by atoms with Crippen LogP contribution in [0.3, 0.4) is 0 Å². The molecule has 0 aliphatic rings. The Morgan fingerprint density at radius 2 is 1.80 bits per heavy atom. The first-order valence-corrected chi connectivity index (χ1v) is 6.39. The monoisotopic (exact) mass is 265 g/mol. The summed E-state index contributed by atoms with van der Waals surface area (Å²) in [6, 6.07) is 10.1. The molecule has 100 valence electrons. The van der Waals surface area contributed by atoms with Gasteiger partial charge in [-0.15, -0.1) is 0 Å². The molecule has 0 bridgehead atoms. The fourth-order valence-electron chi connectivity index (χ4n) is 1.90. The standard InChI is InChI=1S/C15H15N5/c1-10-3-5-12(6-4-10)13-8-16-9-15(17-13)18-14-7-11(2)19-20-14/h3-9H,1-2H3,(H2,17,18,19,20). The summed E-state index contributed by atoms with van der Waals surface area (Å²) < 4.78 is 0. The van der Waals surface area contributed by atoms with Crippen LogP contribution in [0.5, 0.6) is 0 Å². The molecule has 0 unspecified atom stereocenters. The summed E-state index contributed by atoms with van der Waals surface area (Å²) in [5, 5.41) is 10.1. The molecule has 2 heterocycles. The van der Waals surface area contributed by atoms with E-state index in [0.29, 0.717) is 5.82 Å². The number of benzene rings is 1. The van der Waals surface area contributed by atoms with Crippen molar-refractivity contribution in [3.63, 3.8) is 0 Å². The highest BCUT2D eigenvalue weighted by atomic mass is 15.2. The lowest BCUT2D eigenvalue weighted by atomic mass is 10.1. The molecule has 20 heavy (non-hydrogen) atoms. The van der Waals surface area contributed by atoms with Crippen molar-refractivity contribution in [3.8, 4) is 11.3 Å². The topological polar surface area (TPSA) is 66.5 Å². The van der Waals surface area contributed by atoms with Gasteiger partial charge in [0.2, 0.25) is 0 Å². The maximum Gasteiger partial charge on any atom is 0.153 e. The lowest BCUT2D eigenvalue weighted by molar-refractivity contribution is 1.05. The van der Waals surface area contributed by atoms with Gasteiger partial charge in [0.1, 0.15) is 0 Å². The molecule has 0 radical (unpaired) electrons. The van der Waals surface area contributed by atoms with Crippen molar-refractivity contribution in [2.24, 2.45) is 0 Å². The summed E-state index contributed by atoms with van der Waals surface area (Å²) in [5.41, 5.74) is 4.10. The number of rotatable bonds is 3. The van der Waals surface area contributed by atoms with E-state index in [2.05, 4.69) is 44.5 Å². The summed E-state index contributed by atoms with van der Waals surface area (Å²) in [6.07, 6.45) is 3.44. The molecular formula is C15H15N5. The Morgan fingerprint density at radius 3 is 2.50 bits per heavy atom. The lowest BCUT2D eigenvalue weighted by Gasteiger charge is -2.05. The van der Waals surface area contributed by atoms with Crippen LogP contribution >= 0.6 is 0 Å². The molecule has 0 saturated heterocycles. The van der Waals surface area contributed by atoms with Crippen molar-refractivity contribution >= 4 is 11.6 Å². The van der Waals surface area contributed by atoms with Crippen LogP contribution in [0, 0.1) is 13.8 Å². The number of aromatic nitrogens is 4. The van der Waals surface area contributed by atoms with Crippen molar-refractivity contribution in [2.75, 3.05) is 5.32 Å². The van der Waals surface area contributed by atoms with Crippen molar-refractivity contribution in [2.45, 2.75) is 13.8 Å². The number of aryl methyl sites for hydroxylation is 2. The van der Waals surface area contributed by atoms with E-state index in [1.807, 2.05) is 25.1 Å². The third-order valence-corrected chi connectivity index (χ3v) is 2.94. The smallest absolute Gasteiger partial charge is 0.153 e. The van der Waals surface area contributed by atoms with Crippen LogP contribution in [-0.4, -0.2) is 20.2 Å². The predicted molar refractivity (Wildman–Crippen MR) is 78.8 cm³/mol. The van der Waals surface area contributed by atoms with E-state index in [1.165, 1.54) is 5.56 Å². The Bertz CT molecular complexity index is 715. The van der Waals surface area contributed by atoms with Crippen molar-refractivity contribution < 1.29 is 0 Å². The van der Waals surface area contributed by atoms with Gasteiger partial charge in [0.15, 0.2) is 11.6 Å². The number of nitrogens with one attached hydrogen (secondary N) is 2. The van der Waals surface area contributed by atoms with Crippen LogP contribution in [0.2, 0.25) is 0 Å². The molecule has 0 atom stereocenters. The number of aromatic amines is 1. The molecule has 2 N–H and O–H groups in total. The number of nitrogens with zero attached hydrogens (tertiary/aromatic N) is 3. The van der Waals surface area contributed by atoms with Gasteiger partial charge in [0.25, 0.3) is 0 Å². The SMILES string of the molecule is Cc1ccc(-c2cncc(Nc3cc(C)[nH]n3)n2)cc1. The van der Waals surface area contributed by atoms with E-state index in [1.54, 1.807) is 12.4 Å². The first kappa shape index (κ1) is 12.3. The molecule has 0 spiro atoms. The maximum absolute atomic E-state index is 4.55. The van der Waals surface area contributed by atoms with Crippen molar-refractivity contribution in [1.82, 2.24) is 20.2 Å². The maximum atomic E-state index is 4.55. The first-order chi connectivity index (χ1) is 9.70.